The second-order valence-electron chi connectivity index (χ2n) is 7.49. The number of piperidine rings is 1. The van der Waals surface area contributed by atoms with Crippen molar-refractivity contribution in [2.75, 3.05) is 25.0 Å². The lowest BCUT2D eigenvalue weighted by Crippen LogP contribution is -2.41. The van der Waals surface area contributed by atoms with E-state index in [1.807, 2.05) is 0 Å². The van der Waals surface area contributed by atoms with Crippen LogP contribution in [0.5, 0.6) is 0 Å². The van der Waals surface area contributed by atoms with E-state index in [2.05, 4.69) is 5.32 Å². The van der Waals surface area contributed by atoms with Gasteiger partial charge in [-0.15, -0.1) is 0 Å². The van der Waals surface area contributed by atoms with Gasteiger partial charge in [-0.3, -0.25) is 4.79 Å². The zero-order valence-electron chi connectivity index (χ0n) is 17.8. The molecule has 0 aliphatic carbocycles. The van der Waals surface area contributed by atoms with Crippen molar-refractivity contribution in [2.24, 2.45) is 5.92 Å². The van der Waals surface area contributed by atoms with Crippen LogP contribution in [0.2, 0.25) is 0 Å². The molecule has 33 heavy (non-hydrogen) atoms. The van der Waals surface area contributed by atoms with Crippen LogP contribution in [-0.4, -0.2) is 44.3 Å². The molecule has 0 saturated carbocycles. The average molecular weight is 484 g/mol. The molecule has 0 atom stereocenters. The molecule has 7 nitrogen and oxygen atoms in total. The van der Waals surface area contributed by atoms with Gasteiger partial charge in [-0.25, -0.2) is 13.2 Å². The monoisotopic (exact) mass is 484 g/mol. The van der Waals surface area contributed by atoms with Crippen molar-refractivity contribution in [3.8, 4) is 0 Å². The first-order valence-electron chi connectivity index (χ1n) is 10.3. The Hall–Kier alpha value is -2.92. The Morgan fingerprint density at radius 3 is 2.30 bits per heavy atom. The highest BCUT2D eigenvalue weighted by molar-refractivity contribution is 7.89. The van der Waals surface area contributed by atoms with Crippen LogP contribution in [0.4, 0.5) is 18.9 Å². The van der Waals surface area contributed by atoms with Gasteiger partial charge in [0.05, 0.1) is 22.6 Å². The number of rotatable bonds is 6. The van der Waals surface area contributed by atoms with Crippen LogP contribution in [-0.2, 0) is 25.7 Å². The van der Waals surface area contributed by atoms with Crippen LogP contribution in [0.15, 0.2) is 53.4 Å². The van der Waals surface area contributed by atoms with E-state index in [0.717, 1.165) is 22.5 Å². The third kappa shape index (κ3) is 5.91. The van der Waals surface area contributed by atoms with Crippen molar-refractivity contribution < 1.29 is 35.9 Å². The number of anilines is 1. The van der Waals surface area contributed by atoms with E-state index in [4.69, 9.17) is 4.74 Å². The molecule has 0 aromatic heterocycles. The molecule has 0 bridgehead atoms. The van der Waals surface area contributed by atoms with Crippen LogP contribution in [0, 0.1) is 5.92 Å². The fraction of sp³-hybridized carbons (Fsp3) is 0.364. The van der Waals surface area contributed by atoms with Crippen molar-refractivity contribution in [1.29, 1.82) is 0 Å². The largest absolute Gasteiger partial charge is 0.462 e. The number of esters is 1. The van der Waals surface area contributed by atoms with Gasteiger partial charge in [-0.2, -0.15) is 17.5 Å². The van der Waals surface area contributed by atoms with Crippen LogP contribution in [0.1, 0.15) is 35.7 Å². The summed E-state index contributed by atoms with van der Waals surface area (Å²) in [5, 5.41) is 2.74. The highest BCUT2D eigenvalue weighted by Crippen LogP contribution is 2.32. The van der Waals surface area contributed by atoms with Gasteiger partial charge in [0.1, 0.15) is 0 Å². The maximum atomic E-state index is 12.9. The van der Waals surface area contributed by atoms with E-state index in [1.54, 1.807) is 19.1 Å². The van der Waals surface area contributed by atoms with Gasteiger partial charge in [-0.1, -0.05) is 6.07 Å². The lowest BCUT2D eigenvalue weighted by atomic mass is 9.97. The zero-order valence-corrected chi connectivity index (χ0v) is 18.6. The SMILES string of the molecule is CCOC(=O)c1ccc(NC(=O)C2CCN(S(=O)(=O)c3cccc(C(F)(F)F)c3)CC2)cc1. The second-order valence-corrected chi connectivity index (χ2v) is 9.43. The summed E-state index contributed by atoms with van der Waals surface area (Å²) in [6, 6.07) is 9.81. The Morgan fingerprint density at radius 1 is 1.09 bits per heavy atom. The Bertz CT molecular complexity index is 1110. The predicted octanol–water partition coefficient (Wildman–Crippen LogP) is 3.92. The van der Waals surface area contributed by atoms with E-state index in [0.29, 0.717) is 17.3 Å². The topological polar surface area (TPSA) is 92.8 Å². The number of hydrogen-bond acceptors (Lipinski definition) is 5. The minimum Gasteiger partial charge on any atom is -0.462 e. The molecule has 1 aliphatic rings. The molecule has 1 saturated heterocycles. The molecule has 11 heteroatoms. The third-order valence-electron chi connectivity index (χ3n) is 5.29. The van der Waals surface area contributed by atoms with E-state index in [9.17, 15) is 31.2 Å². The van der Waals surface area contributed by atoms with E-state index < -0.39 is 38.5 Å². The number of benzene rings is 2. The number of hydrogen-bond donors (Lipinski definition) is 1. The lowest BCUT2D eigenvalue weighted by molar-refractivity contribution is -0.137. The molecule has 3 rings (SSSR count). The molecule has 1 fully saturated rings. The first-order chi connectivity index (χ1) is 15.5. The highest BCUT2D eigenvalue weighted by atomic mass is 32.2. The van der Waals surface area contributed by atoms with Crippen LogP contribution in [0.25, 0.3) is 0 Å². The van der Waals surface area contributed by atoms with Crippen molar-refractivity contribution in [2.45, 2.75) is 30.8 Å². The number of nitrogens with zero attached hydrogens (tertiary/aromatic N) is 1. The number of ether oxygens (including phenoxy) is 1. The van der Waals surface area contributed by atoms with E-state index >= 15 is 0 Å². The van der Waals surface area contributed by atoms with Gasteiger partial charge >= 0.3 is 12.1 Å². The van der Waals surface area contributed by atoms with Crippen LogP contribution < -0.4 is 5.32 Å². The number of nitrogens with one attached hydrogen (secondary N) is 1. The molecule has 1 N–H and O–H groups in total. The average Bonchev–Trinajstić information content (AvgIpc) is 2.79. The Morgan fingerprint density at radius 2 is 1.73 bits per heavy atom. The van der Waals surface area contributed by atoms with Crippen LogP contribution >= 0.6 is 0 Å². The maximum Gasteiger partial charge on any atom is 0.416 e. The number of alkyl halides is 3. The summed E-state index contributed by atoms with van der Waals surface area (Å²) in [5.74, 6) is -1.22. The predicted molar refractivity (Wildman–Crippen MR) is 114 cm³/mol. The number of amides is 1. The summed E-state index contributed by atoms with van der Waals surface area (Å²) < 4.78 is 70.4. The van der Waals surface area contributed by atoms with Gasteiger partial charge in [0.2, 0.25) is 15.9 Å². The minimum atomic E-state index is -4.65. The van der Waals surface area contributed by atoms with Gasteiger partial charge in [0.15, 0.2) is 0 Å². The molecule has 0 spiro atoms. The highest BCUT2D eigenvalue weighted by Gasteiger charge is 2.35. The van der Waals surface area contributed by atoms with E-state index in [-0.39, 0.29) is 38.4 Å². The molecule has 178 valence electrons. The normalized spacial score (nSPS) is 15.8. The first-order valence-corrected chi connectivity index (χ1v) is 11.7. The Balaban J connectivity index is 1.60. The summed E-state index contributed by atoms with van der Waals surface area (Å²) in [6.07, 6.45) is -4.19. The molecule has 1 heterocycles. The number of carbonyl (C=O) groups excluding carboxylic acids is 2. The van der Waals surface area contributed by atoms with Gasteiger partial charge in [0.25, 0.3) is 0 Å². The molecule has 2 aromatic carbocycles. The maximum absolute atomic E-state index is 12.9. The summed E-state index contributed by atoms with van der Waals surface area (Å²) in [6.45, 7) is 1.97. The van der Waals surface area contributed by atoms with Crippen molar-refractivity contribution in [3.05, 3.63) is 59.7 Å². The molecule has 1 amide bonds. The smallest absolute Gasteiger partial charge is 0.416 e. The molecule has 0 unspecified atom stereocenters. The van der Waals surface area contributed by atoms with Gasteiger partial charge < -0.3 is 10.1 Å². The number of halogens is 3. The molecule has 0 radical (unpaired) electrons. The third-order valence-corrected chi connectivity index (χ3v) is 7.18. The number of carbonyl (C=O) groups is 2. The summed E-state index contributed by atoms with van der Waals surface area (Å²) in [7, 11) is -4.11. The fourth-order valence-corrected chi connectivity index (χ4v) is 5.00. The summed E-state index contributed by atoms with van der Waals surface area (Å²) >= 11 is 0. The standard InChI is InChI=1S/C22H23F3N2O5S/c1-2-32-21(29)16-6-8-18(9-7-16)26-20(28)15-10-12-27(13-11-15)33(30,31)19-5-3-4-17(14-19)22(23,24)25/h3-9,14-15H,2,10-13H2,1H3,(H,26,28). The summed E-state index contributed by atoms with van der Waals surface area (Å²) in [5.41, 5.74) is -0.207. The molecular weight excluding hydrogens is 461 g/mol. The summed E-state index contributed by atoms with van der Waals surface area (Å²) in [4.78, 5) is 23.8. The quantitative estimate of drug-likeness (QED) is 0.628. The second kappa shape index (κ2) is 9.92. The Kier molecular flexibility index (Phi) is 7.43. The van der Waals surface area contributed by atoms with Gasteiger partial charge in [-0.05, 0) is 62.2 Å². The minimum absolute atomic E-state index is 0.0124. The molecular formula is C22H23F3N2O5S. The van der Waals surface area contributed by atoms with Crippen molar-refractivity contribution >= 4 is 27.6 Å². The zero-order chi connectivity index (χ0) is 24.2. The lowest BCUT2D eigenvalue weighted by Gasteiger charge is -2.30. The Labute approximate surface area is 189 Å². The van der Waals surface area contributed by atoms with Crippen molar-refractivity contribution in [1.82, 2.24) is 4.31 Å². The van der Waals surface area contributed by atoms with Crippen LogP contribution in [0.3, 0.4) is 0 Å². The van der Waals surface area contributed by atoms with E-state index in [1.165, 1.54) is 12.1 Å². The number of sulfonamides is 1. The molecule has 1 aliphatic heterocycles. The first kappa shape index (κ1) is 24.7. The van der Waals surface area contributed by atoms with Crippen molar-refractivity contribution in [3.63, 3.8) is 0 Å². The molecule has 2 aromatic rings. The van der Waals surface area contributed by atoms with Gasteiger partial charge in [0, 0.05) is 24.7 Å². The fourth-order valence-electron chi connectivity index (χ4n) is 3.49.